The van der Waals surface area contributed by atoms with Gasteiger partial charge >= 0.3 is 0 Å². The maximum Gasteiger partial charge on any atom is -0.00715 e. The van der Waals surface area contributed by atoms with E-state index in [0.29, 0.717) is 5.92 Å². The zero-order chi connectivity index (χ0) is 8.97. The standard InChI is InChI=1S/C11H17N/c1-9-5-3-4-6-11(9)10(2)7-8-12/h3-6,10H,7-8,12H2,1-2H3. The second-order valence-corrected chi connectivity index (χ2v) is 3.33. The van der Waals surface area contributed by atoms with Gasteiger partial charge in [0.2, 0.25) is 0 Å². The molecule has 0 amide bonds. The van der Waals surface area contributed by atoms with Crippen LogP contribution in [0.4, 0.5) is 0 Å². The highest BCUT2D eigenvalue weighted by atomic mass is 14.5. The van der Waals surface area contributed by atoms with Crippen LogP contribution in [0.15, 0.2) is 24.3 Å². The molecule has 1 nitrogen and oxygen atoms in total. The lowest BCUT2D eigenvalue weighted by atomic mass is 9.94. The highest BCUT2D eigenvalue weighted by Gasteiger charge is 2.05. The summed E-state index contributed by atoms with van der Waals surface area (Å²) >= 11 is 0. The van der Waals surface area contributed by atoms with Crippen LogP contribution >= 0.6 is 0 Å². The molecule has 0 heterocycles. The van der Waals surface area contributed by atoms with Crippen molar-refractivity contribution in [1.82, 2.24) is 0 Å². The van der Waals surface area contributed by atoms with Gasteiger partial charge in [-0.05, 0) is 36.9 Å². The van der Waals surface area contributed by atoms with Gasteiger partial charge in [-0.1, -0.05) is 31.2 Å². The molecule has 1 heteroatoms. The Hall–Kier alpha value is -0.820. The van der Waals surface area contributed by atoms with Gasteiger partial charge in [0.15, 0.2) is 0 Å². The Morgan fingerprint density at radius 1 is 1.33 bits per heavy atom. The second kappa shape index (κ2) is 4.27. The molecular formula is C11H17N. The van der Waals surface area contributed by atoms with Crippen LogP contribution in [0.3, 0.4) is 0 Å². The average molecular weight is 163 g/mol. The van der Waals surface area contributed by atoms with Gasteiger partial charge < -0.3 is 5.73 Å². The summed E-state index contributed by atoms with van der Waals surface area (Å²) in [6.07, 6.45) is 1.07. The van der Waals surface area contributed by atoms with E-state index in [1.54, 1.807) is 0 Å². The molecule has 0 bridgehead atoms. The van der Waals surface area contributed by atoms with Crippen LogP contribution in [0.5, 0.6) is 0 Å². The number of hydrogen-bond acceptors (Lipinski definition) is 1. The molecule has 0 fully saturated rings. The smallest absolute Gasteiger partial charge is 0.00715 e. The van der Waals surface area contributed by atoms with E-state index < -0.39 is 0 Å². The Morgan fingerprint density at radius 3 is 2.58 bits per heavy atom. The fourth-order valence-corrected chi connectivity index (χ4v) is 1.55. The van der Waals surface area contributed by atoms with Gasteiger partial charge in [0.05, 0.1) is 0 Å². The Bertz CT molecular complexity index is 243. The Balaban J connectivity index is 2.79. The van der Waals surface area contributed by atoms with Crippen molar-refractivity contribution in [3.05, 3.63) is 35.4 Å². The first-order valence-corrected chi connectivity index (χ1v) is 4.51. The molecule has 2 N–H and O–H groups in total. The third-order valence-corrected chi connectivity index (χ3v) is 2.32. The molecule has 0 aliphatic carbocycles. The van der Waals surface area contributed by atoms with E-state index in [0.717, 1.165) is 13.0 Å². The molecular weight excluding hydrogens is 146 g/mol. The van der Waals surface area contributed by atoms with Gasteiger partial charge in [0.1, 0.15) is 0 Å². The fourth-order valence-electron chi connectivity index (χ4n) is 1.55. The first-order valence-electron chi connectivity index (χ1n) is 4.51. The van der Waals surface area contributed by atoms with Crippen LogP contribution < -0.4 is 5.73 Å². The molecule has 0 saturated carbocycles. The van der Waals surface area contributed by atoms with Crippen molar-refractivity contribution in [2.24, 2.45) is 5.73 Å². The Morgan fingerprint density at radius 2 is 2.00 bits per heavy atom. The molecule has 66 valence electrons. The number of hydrogen-bond donors (Lipinski definition) is 1. The molecule has 1 aromatic rings. The summed E-state index contributed by atoms with van der Waals surface area (Å²) in [7, 11) is 0. The number of nitrogens with two attached hydrogens (primary N) is 1. The lowest BCUT2D eigenvalue weighted by Crippen LogP contribution is -2.05. The SMILES string of the molecule is Cc1ccccc1C(C)CCN. The van der Waals surface area contributed by atoms with E-state index in [4.69, 9.17) is 5.73 Å². The number of aryl methyl sites for hydroxylation is 1. The Labute approximate surface area is 74.6 Å². The lowest BCUT2D eigenvalue weighted by Gasteiger charge is -2.12. The van der Waals surface area contributed by atoms with Gasteiger partial charge in [0, 0.05) is 0 Å². The molecule has 1 aromatic carbocycles. The number of benzene rings is 1. The molecule has 0 aromatic heterocycles. The van der Waals surface area contributed by atoms with E-state index in [1.807, 2.05) is 0 Å². The van der Waals surface area contributed by atoms with E-state index in [2.05, 4.69) is 38.1 Å². The monoisotopic (exact) mass is 163 g/mol. The van der Waals surface area contributed by atoms with Crippen LogP contribution in [0, 0.1) is 6.92 Å². The maximum atomic E-state index is 5.52. The summed E-state index contributed by atoms with van der Waals surface area (Å²) in [5, 5.41) is 0. The van der Waals surface area contributed by atoms with Gasteiger partial charge in [-0.3, -0.25) is 0 Å². The fraction of sp³-hybridized carbons (Fsp3) is 0.455. The minimum absolute atomic E-state index is 0.594. The molecule has 0 spiro atoms. The molecule has 1 rings (SSSR count). The van der Waals surface area contributed by atoms with Gasteiger partial charge in [-0.2, -0.15) is 0 Å². The largest absolute Gasteiger partial charge is 0.330 e. The maximum absolute atomic E-state index is 5.52. The minimum atomic E-state index is 0.594. The third-order valence-electron chi connectivity index (χ3n) is 2.32. The zero-order valence-electron chi connectivity index (χ0n) is 7.88. The van der Waals surface area contributed by atoms with Gasteiger partial charge in [-0.15, -0.1) is 0 Å². The van der Waals surface area contributed by atoms with Crippen LogP contribution in [-0.2, 0) is 0 Å². The molecule has 0 radical (unpaired) electrons. The third kappa shape index (κ3) is 2.08. The van der Waals surface area contributed by atoms with Crippen molar-refractivity contribution < 1.29 is 0 Å². The highest BCUT2D eigenvalue weighted by Crippen LogP contribution is 2.21. The predicted molar refractivity (Wildman–Crippen MR) is 53.3 cm³/mol. The average Bonchev–Trinajstić information content (AvgIpc) is 2.05. The van der Waals surface area contributed by atoms with Crippen molar-refractivity contribution in [1.29, 1.82) is 0 Å². The van der Waals surface area contributed by atoms with E-state index in [9.17, 15) is 0 Å². The molecule has 1 atom stereocenters. The van der Waals surface area contributed by atoms with Crippen LogP contribution in [-0.4, -0.2) is 6.54 Å². The van der Waals surface area contributed by atoms with E-state index in [1.165, 1.54) is 11.1 Å². The Kier molecular flexibility index (Phi) is 3.30. The summed E-state index contributed by atoms with van der Waals surface area (Å²) in [6.45, 7) is 5.16. The predicted octanol–water partition coefficient (Wildman–Crippen LogP) is 2.45. The summed E-state index contributed by atoms with van der Waals surface area (Å²) in [5.74, 6) is 0.594. The highest BCUT2D eigenvalue weighted by molar-refractivity contribution is 5.28. The quantitative estimate of drug-likeness (QED) is 0.727. The first-order chi connectivity index (χ1) is 5.75. The van der Waals surface area contributed by atoms with Crippen LogP contribution in [0.1, 0.15) is 30.4 Å². The van der Waals surface area contributed by atoms with Crippen LogP contribution in [0.2, 0.25) is 0 Å². The first kappa shape index (κ1) is 9.27. The van der Waals surface area contributed by atoms with Gasteiger partial charge in [0.25, 0.3) is 0 Å². The van der Waals surface area contributed by atoms with Gasteiger partial charge in [-0.25, -0.2) is 0 Å². The normalized spacial score (nSPS) is 12.9. The number of rotatable bonds is 3. The molecule has 0 saturated heterocycles. The van der Waals surface area contributed by atoms with Crippen molar-refractivity contribution >= 4 is 0 Å². The van der Waals surface area contributed by atoms with Crippen molar-refractivity contribution in [3.63, 3.8) is 0 Å². The van der Waals surface area contributed by atoms with Crippen molar-refractivity contribution in [3.8, 4) is 0 Å². The molecule has 0 aliphatic rings. The van der Waals surface area contributed by atoms with Crippen molar-refractivity contribution in [2.75, 3.05) is 6.54 Å². The zero-order valence-corrected chi connectivity index (χ0v) is 7.88. The van der Waals surface area contributed by atoms with E-state index in [-0.39, 0.29) is 0 Å². The van der Waals surface area contributed by atoms with E-state index >= 15 is 0 Å². The molecule has 0 aliphatic heterocycles. The van der Waals surface area contributed by atoms with Crippen molar-refractivity contribution in [2.45, 2.75) is 26.2 Å². The molecule has 1 unspecified atom stereocenters. The lowest BCUT2D eigenvalue weighted by molar-refractivity contribution is 0.686. The topological polar surface area (TPSA) is 26.0 Å². The minimum Gasteiger partial charge on any atom is -0.330 e. The summed E-state index contributed by atoms with van der Waals surface area (Å²) in [6, 6.07) is 8.52. The molecule has 12 heavy (non-hydrogen) atoms. The summed E-state index contributed by atoms with van der Waals surface area (Å²) in [4.78, 5) is 0. The summed E-state index contributed by atoms with van der Waals surface area (Å²) in [5.41, 5.74) is 8.32. The van der Waals surface area contributed by atoms with Crippen LogP contribution in [0.25, 0.3) is 0 Å². The second-order valence-electron chi connectivity index (χ2n) is 3.33. The summed E-state index contributed by atoms with van der Waals surface area (Å²) < 4.78 is 0.